The third-order valence-corrected chi connectivity index (χ3v) is 5.34. The van der Waals surface area contributed by atoms with Gasteiger partial charge in [-0.1, -0.05) is 63.7 Å². The Balaban J connectivity index is 1.55. The third-order valence-electron chi connectivity index (χ3n) is 5.34. The molecule has 3 aromatic rings. The van der Waals surface area contributed by atoms with Crippen molar-refractivity contribution in [3.05, 3.63) is 66.2 Å². The van der Waals surface area contributed by atoms with Gasteiger partial charge in [-0.15, -0.1) is 0 Å². The minimum atomic E-state index is -0.400. The van der Waals surface area contributed by atoms with E-state index in [0.29, 0.717) is 38.6 Å². The fourth-order valence-corrected chi connectivity index (χ4v) is 3.48. The maximum atomic E-state index is 11.3. The largest absolute Gasteiger partial charge is 0.490 e. The summed E-state index contributed by atoms with van der Waals surface area (Å²) >= 11 is 0. The van der Waals surface area contributed by atoms with Gasteiger partial charge in [0.2, 0.25) is 0 Å². The first-order chi connectivity index (χ1) is 15.8. The summed E-state index contributed by atoms with van der Waals surface area (Å²) in [4.78, 5) is 11.3. The summed E-state index contributed by atoms with van der Waals surface area (Å²) in [7, 11) is 0. The highest BCUT2D eigenvalue weighted by atomic mass is 16.6. The Morgan fingerprint density at radius 1 is 0.818 bits per heavy atom. The highest BCUT2D eigenvalue weighted by Gasteiger charge is 2.16. The first-order valence-electron chi connectivity index (χ1n) is 11.3. The smallest absolute Gasteiger partial charge is 0.333 e. The number of carbonyl (C=O) groups excluding carboxylic acids is 1. The summed E-state index contributed by atoms with van der Waals surface area (Å²) < 4.78 is 22.3. The van der Waals surface area contributed by atoms with Crippen LogP contribution in [0.15, 0.2) is 60.7 Å². The molecule has 0 saturated heterocycles. The third kappa shape index (κ3) is 6.80. The molecule has 176 valence electrons. The molecule has 0 heterocycles. The minimum absolute atomic E-state index is 0.0586. The lowest BCUT2D eigenvalue weighted by molar-refractivity contribution is -0.140. The van der Waals surface area contributed by atoms with Gasteiger partial charge in [0.05, 0.1) is 26.4 Å². The number of esters is 1. The van der Waals surface area contributed by atoms with Crippen LogP contribution in [-0.4, -0.2) is 45.6 Å². The van der Waals surface area contributed by atoms with Gasteiger partial charge < -0.3 is 18.9 Å². The predicted octanol–water partition coefficient (Wildman–Crippen LogP) is 5.82. The Morgan fingerprint density at radius 2 is 1.45 bits per heavy atom. The number of hydrogen-bond acceptors (Lipinski definition) is 5. The lowest BCUT2D eigenvalue weighted by atomic mass is 9.85. The number of hydrogen-bond donors (Lipinski definition) is 0. The summed E-state index contributed by atoms with van der Waals surface area (Å²) in [6.45, 7) is 14.1. The van der Waals surface area contributed by atoms with E-state index < -0.39 is 5.97 Å². The molecule has 5 heteroatoms. The Hall–Kier alpha value is -2.89. The zero-order valence-electron chi connectivity index (χ0n) is 20.1. The van der Waals surface area contributed by atoms with Crippen molar-refractivity contribution in [1.82, 2.24) is 0 Å². The van der Waals surface area contributed by atoms with Crippen molar-refractivity contribution < 1.29 is 23.7 Å². The van der Waals surface area contributed by atoms with Crippen LogP contribution in [0.2, 0.25) is 0 Å². The van der Waals surface area contributed by atoms with Gasteiger partial charge in [0.1, 0.15) is 19.0 Å². The molecule has 0 N–H and O–H groups in total. The molecule has 0 saturated carbocycles. The molecule has 3 rings (SSSR count). The Bertz CT molecular complexity index is 1110. The van der Waals surface area contributed by atoms with Crippen LogP contribution in [0.5, 0.6) is 5.75 Å². The quantitative estimate of drug-likeness (QED) is 0.159. The molecule has 3 aromatic carbocycles. The Labute approximate surface area is 196 Å². The van der Waals surface area contributed by atoms with E-state index in [1.54, 1.807) is 6.92 Å². The van der Waals surface area contributed by atoms with Crippen LogP contribution >= 0.6 is 0 Å². The molecule has 0 fully saturated rings. The lowest BCUT2D eigenvalue weighted by Gasteiger charge is -2.21. The van der Waals surface area contributed by atoms with E-state index in [9.17, 15) is 4.79 Å². The van der Waals surface area contributed by atoms with Gasteiger partial charge >= 0.3 is 5.97 Å². The summed E-state index contributed by atoms with van der Waals surface area (Å²) in [5.41, 5.74) is 1.72. The number of fused-ring (bicyclic) bond motifs is 2. The molecule has 0 radical (unpaired) electrons. The van der Waals surface area contributed by atoms with Crippen LogP contribution in [0.4, 0.5) is 0 Å². The lowest BCUT2D eigenvalue weighted by Crippen LogP contribution is -2.14. The van der Waals surface area contributed by atoms with Gasteiger partial charge in [-0.05, 0) is 40.8 Å². The summed E-state index contributed by atoms with van der Waals surface area (Å²) in [6, 6.07) is 17.1. The van der Waals surface area contributed by atoms with Gasteiger partial charge in [-0.25, -0.2) is 4.79 Å². The molecule has 0 aliphatic rings. The fraction of sp³-hybridized carbons (Fsp3) is 0.393. The van der Waals surface area contributed by atoms with Crippen LogP contribution in [0.1, 0.15) is 33.3 Å². The predicted molar refractivity (Wildman–Crippen MR) is 133 cm³/mol. The molecular formula is C28H34O5. The van der Waals surface area contributed by atoms with Gasteiger partial charge in [-0.3, -0.25) is 0 Å². The first-order valence-corrected chi connectivity index (χ1v) is 11.3. The number of rotatable bonds is 11. The molecule has 5 nitrogen and oxygen atoms in total. The molecule has 33 heavy (non-hydrogen) atoms. The molecule has 0 spiro atoms. The van der Waals surface area contributed by atoms with Crippen molar-refractivity contribution in [3.8, 4) is 5.75 Å². The summed E-state index contributed by atoms with van der Waals surface area (Å²) in [5, 5.41) is 4.54. The number of ether oxygens (including phenoxy) is 4. The van der Waals surface area contributed by atoms with E-state index in [-0.39, 0.29) is 12.0 Å². The molecule has 0 aromatic heterocycles. The average Bonchev–Trinajstić information content (AvgIpc) is 2.78. The second-order valence-corrected chi connectivity index (χ2v) is 9.10. The van der Waals surface area contributed by atoms with E-state index in [0.717, 1.165) is 21.9 Å². The standard InChI is InChI=1S/C28H34O5/c1-20(2)27(29)33-17-15-31-13-12-30-14-16-32-26-24-9-7-6-8-21(24)18-22-10-11-23(19-25(22)26)28(3,4)5/h6-11,18-19H,1,12-17H2,2-5H3. The average molecular weight is 451 g/mol. The fourth-order valence-electron chi connectivity index (χ4n) is 3.48. The van der Waals surface area contributed by atoms with E-state index in [1.807, 2.05) is 12.1 Å². The zero-order valence-corrected chi connectivity index (χ0v) is 20.1. The van der Waals surface area contributed by atoms with E-state index >= 15 is 0 Å². The maximum absolute atomic E-state index is 11.3. The zero-order chi connectivity index (χ0) is 23.8. The Kier molecular flexibility index (Phi) is 8.48. The normalized spacial score (nSPS) is 11.6. The van der Waals surface area contributed by atoms with Gasteiger partial charge in [-0.2, -0.15) is 0 Å². The summed E-state index contributed by atoms with van der Waals surface area (Å²) in [5.74, 6) is 0.496. The van der Waals surface area contributed by atoms with Gasteiger partial charge in [0.15, 0.2) is 0 Å². The van der Waals surface area contributed by atoms with Crippen LogP contribution in [0.3, 0.4) is 0 Å². The molecule has 0 aliphatic carbocycles. The van der Waals surface area contributed by atoms with Gasteiger partial charge in [0, 0.05) is 16.3 Å². The number of benzene rings is 3. The van der Waals surface area contributed by atoms with Gasteiger partial charge in [0.25, 0.3) is 0 Å². The number of carbonyl (C=O) groups is 1. The van der Waals surface area contributed by atoms with Crippen LogP contribution < -0.4 is 4.74 Å². The van der Waals surface area contributed by atoms with E-state index in [1.165, 1.54) is 10.9 Å². The first kappa shape index (κ1) is 24.7. The van der Waals surface area contributed by atoms with E-state index in [2.05, 4.69) is 63.7 Å². The maximum Gasteiger partial charge on any atom is 0.333 e. The highest BCUT2D eigenvalue weighted by Crippen LogP contribution is 2.37. The molecule has 0 amide bonds. The van der Waals surface area contributed by atoms with Crippen LogP contribution in [0.25, 0.3) is 21.5 Å². The second-order valence-electron chi connectivity index (χ2n) is 9.10. The monoisotopic (exact) mass is 450 g/mol. The van der Waals surface area contributed by atoms with Crippen LogP contribution in [0, 0.1) is 0 Å². The SMILES string of the molecule is C=C(C)C(=O)OCCOCCOCCOc1c2ccccc2cc2ccc(C(C)(C)C)cc12. The summed E-state index contributed by atoms with van der Waals surface area (Å²) in [6.07, 6.45) is 0. The van der Waals surface area contributed by atoms with Crippen molar-refractivity contribution in [2.75, 3.05) is 39.6 Å². The van der Waals surface area contributed by atoms with Crippen molar-refractivity contribution >= 4 is 27.5 Å². The van der Waals surface area contributed by atoms with Crippen molar-refractivity contribution in [2.24, 2.45) is 0 Å². The van der Waals surface area contributed by atoms with Crippen LogP contribution in [-0.2, 0) is 24.4 Å². The molecule has 0 unspecified atom stereocenters. The second kappa shape index (κ2) is 11.3. The minimum Gasteiger partial charge on any atom is -0.490 e. The highest BCUT2D eigenvalue weighted by molar-refractivity contribution is 6.05. The molecule has 0 bridgehead atoms. The molecule has 0 atom stereocenters. The van der Waals surface area contributed by atoms with Crippen molar-refractivity contribution in [2.45, 2.75) is 33.1 Å². The van der Waals surface area contributed by atoms with Crippen molar-refractivity contribution in [3.63, 3.8) is 0 Å². The molecular weight excluding hydrogens is 416 g/mol. The topological polar surface area (TPSA) is 54.0 Å². The van der Waals surface area contributed by atoms with Crippen molar-refractivity contribution in [1.29, 1.82) is 0 Å². The van der Waals surface area contributed by atoms with E-state index in [4.69, 9.17) is 18.9 Å². The molecule has 0 aliphatic heterocycles. The Morgan fingerprint density at radius 3 is 2.15 bits per heavy atom.